The predicted octanol–water partition coefficient (Wildman–Crippen LogP) is 16.6. The maximum Gasteiger partial charge on any atom is -0.00139 e. The van der Waals surface area contributed by atoms with Crippen molar-refractivity contribution in [2.75, 3.05) is 0 Å². The molecule has 0 fully saturated rings. The molecular formula is C58H34. The second kappa shape index (κ2) is 12.0. The van der Waals surface area contributed by atoms with E-state index in [1.807, 2.05) is 0 Å². The van der Waals surface area contributed by atoms with Gasteiger partial charge in [0.15, 0.2) is 0 Å². The van der Waals surface area contributed by atoms with Gasteiger partial charge in [0.1, 0.15) is 0 Å². The minimum atomic E-state index is 1.31. The van der Waals surface area contributed by atoms with E-state index in [1.54, 1.807) is 0 Å². The summed E-state index contributed by atoms with van der Waals surface area (Å²) < 4.78 is 0. The molecule has 0 aliphatic heterocycles. The topological polar surface area (TPSA) is 0 Å². The molecule has 0 nitrogen and oxygen atoms in total. The van der Waals surface area contributed by atoms with Gasteiger partial charge in [-0.05, 0) is 129 Å². The van der Waals surface area contributed by atoms with Crippen LogP contribution in [0.15, 0.2) is 206 Å². The fourth-order valence-electron chi connectivity index (χ4n) is 10.3. The van der Waals surface area contributed by atoms with Gasteiger partial charge in [0.2, 0.25) is 0 Å². The number of benzene rings is 15. The van der Waals surface area contributed by atoms with Crippen molar-refractivity contribution in [2.24, 2.45) is 0 Å². The predicted molar refractivity (Wildman–Crippen MR) is 254 cm³/mol. The van der Waals surface area contributed by atoms with Crippen LogP contribution in [-0.2, 0) is 0 Å². The molecule has 15 aromatic carbocycles. The summed E-state index contributed by atoms with van der Waals surface area (Å²) in [7, 11) is 0. The molecule has 15 aromatic rings. The summed E-state index contributed by atoms with van der Waals surface area (Å²) in [6.45, 7) is 0. The molecule has 0 saturated carbocycles. The van der Waals surface area contributed by atoms with Gasteiger partial charge in [-0.2, -0.15) is 0 Å². The van der Waals surface area contributed by atoms with Crippen LogP contribution in [0.1, 0.15) is 0 Å². The van der Waals surface area contributed by atoms with Crippen molar-refractivity contribution in [1.29, 1.82) is 0 Å². The summed E-state index contributed by atoms with van der Waals surface area (Å²) in [5, 5.41) is 32.8. The van der Waals surface area contributed by atoms with Crippen LogP contribution in [-0.4, -0.2) is 0 Å². The lowest BCUT2D eigenvalue weighted by Gasteiger charge is -2.20. The number of rotatable bonds is 0. The number of fused-ring (bicyclic) bond motifs is 5. The number of hydrogen-bond acceptors (Lipinski definition) is 0. The van der Waals surface area contributed by atoms with Crippen LogP contribution in [0, 0.1) is 0 Å². The summed E-state index contributed by atoms with van der Waals surface area (Å²) in [5.41, 5.74) is 0. The van der Waals surface area contributed by atoms with Crippen molar-refractivity contribution in [3.05, 3.63) is 206 Å². The molecule has 0 aliphatic rings. The summed E-state index contributed by atoms with van der Waals surface area (Å²) in [4.78, 5) is 0. The second-order valence-corrected chi connectivity index (χ2v) is 15.9. The Kier molecular flexibility index (Phi) is 6.54. The Hall–Kier alpha value is -7.54. The zero-order chi connectivity index (χ0) is 37.9. The molecule has 0 unspecified atom stereocenters. The minimum absolute atomic E-state index is 1.31. The van der Waals surface area contributed by atoms with Crippen molar-refractivity contribution in [3.8, 4) is 0 Å². The molecule has 0 atom stereocenters. The van der Waals surface area contributed by atoms with E-state index in [9.17, 15) is 0 Å². The summed E-state index contributed by atoms with van der Waals surface area (Å²) in [5.74, 6) is 0. The van der Waals surface area contributed by atoms with E-state index in [2.05, 4.69) is 206 Å². The molecule has 0 aliphatic carbocycles. The van der Waals surface area contributed by atoms with Gasteiger partial charge in [-0.1, -0.05) is 206 Å². The van der Waals surface area contributed by atoms with Crippen molar-refractivity contribution in [2.45, 2.75) is 0 Å². The van der Waals surface area contributed by atoms with Crippen LogP contribution in [0.4, 0.5) is 0 Å². The highest BCUT2D eigenvalue weighted by molar-refractivity contribution is 6.44. The normalized spacial score (nSPS) is 12.1. The summed E-state index contributed by atoms with van der Waals surface area (Å²) >= 11 is 0. The van der Waals surface area contributed by atoms with E-state index in [0.717, 1.165) is 0 Å². The maximum atomic E-state index is 2.27. The zero-order valence-corrected chi connectivity index (χ0v) is 31.6. The Bertz CT molecular complexity index is 3420. The molecule has 0 bridgehead atoms. The third-order valence-corrected chi connectivity index (χ3v) is 12.9. The maximum absolute atomic E-state index is 2.27. The van der Waals surface area contributed by atoms with E-state index >= 15 is 0 Å². The van der Waals surface area contributed by atoms with E-state index in [-0.39, 0.29) is 0 Å². The Morgan fingerprint density at radius 3 is 0.603 bits per heavy atom. The third kappa shape index (κ3) is 4.46. The molecule has 0 radical (unpaired) electrons. The molecule has 0 amide bonds. The first-order valence-electron chi connectivity index (χ1n) is 20.2. The third-order valence-electron chi connectivity index (χ3n) is 12.9. The van der Waals surface area contributed by atoms with Crippen molar-refractivity contribution in [3.63, 3.8) is 0 Å². The smallest absolute Gasteiger partial charge is 0.00139 e. The average molecular weight is 731 g/mol. The van der Waals surface area contributed by atoms with E-state index in [0.29, 0.717) is 0 Å². The molecule has 0 aromatic heterocycles. The van der Waals surface area contributed by atoms with Crippen LogP contribution >= 0.6 is 0 Å². The van der Waals surface area contributed by atoms with Gasteiger partial charge >= 0.3 is 0 Å². The molecule has 15 rings (SSSR count). The molecule has 0 heterocycles. The SMILES string of the molecule is c1cc2ccc3ccc4ccc5ccc6ccc1c1c2c3c4c5c61.c1cc2ccc3cccc4ccc(c1)c2c34.c1ccc2c(c1)ccc1c3ccccc3ccc21. The highest BCUT2D eigenvalue weighted by Crippen LogP contribution is 2.48. The first-order chi connectivity index (χ1) is 28.8. The molecular weight excluding hydrogens is 697 g/mol. The lowest BCUT2D eigenvalue weighted by Crippen LogP contribution is -1.91. The van der Waals surface area contributed by atoms with Crippen LogP contribution in [0.5, 0.6) is 0 Å². The molecule has 58 heavy (non-hydrogen) atoms. The quantitative estimate of drug-likeness (QED) is 0.108. The Balaban J connectivity index is 0.0000000930. The minimum Gasteiger partial charge on any atom is -0.0616 e. The molecule has 0 heteroatoms. The first-order valence-corrected chi connectivity index (χ1v) is 20.2. The number of hydrogen-bond donors (Lipinski definition) is 0. The first kappa shape index (κ1) is 31.6. The van der Waals surface area contributed by atoms with E-state index in [4.69, 9.17) is 0 Å². The van der Waals surface area contributed by atoms with Gasteiger partial charge < -0.3 is 0 Å². The van der Waals surface area contributed by atoms with Gasteiger partial charge in [-0.25, -0.2) is 0 Å². The van der Waals surface area contributed by atoms with E-state index in [1.165, 1.54) is 129 Å². The fraction of sp³-hybridized carbons (Fsp3) is 0. The standard InChI is InChI=1S/C24H12.C18H12.C16H10/c1-2-14-5-6-16-9-11-18-12-10-17-8-7-15-4-3-13(1)19-20(14)22(16)24(18)23(17)21(15)19;1-3-7-15-13(5-1)9-11-18-16-8-4-2-6-14(16)10-12-17(15)18;1-3-11-7-9-13-5-2-6-14-10-8-12(4-1)15(11)16(13)14/h1-12H;1-12H;1-10H. The Morgan fingerprint density at radius 2 is 0.328 bits per heavy atom. The van der Waals surface area contributed by atoms with Gasteiger partial charge in [-0.3, -0.25) is 0 Å². The van der Waals surface area contributed by atoms with Crippen LogP contribution < -0.4 is 0 Å². The monoisotopic (exact) mass is 730 g/mol. The zero-order valence-electron chi connectivity index (χ0n) is 31.6. The summed E-state index contributed by atoms with van der Waals surface area (Å²) in [6, 6.07) is 75.2. The second-order valence-electron chi connectivity index (χ2n) is 15.9. The largest absolute Gasteiger partial charge is 0.0616 e. The van der Waals surface area contributed by atoms with Gasteiger partial charge in [0, 0.05) is 0 Å². The van der Waals surface area contributed by atoms with E-state index < -0.39 is 0 Å². The summed E-state index contributed by atoms with van der Waals surface area (Å²) in [6.07, 6.45) is 0. The molecule has 266 valence electrons. The fourth-order valence-corrected chi connectivity index (χ4v) is 10.3. The molecule has 0 saturated heterocycles. The van der Waals surface area contributed by atoms with Crippen molar-refractivity contribution >= 4 is 129 Å². The van der Waals surface area contributed by atoms with Crippen molar-refractivity contribution < 1.29 is 0 Å². The van der Waals surface area contributed by atoms with Gasteiger partial charge in [0.25, 0.3) is 0 Å². The highest BCUT2D eigenvalue weighted by atomic mass is 14.2. The van der Waals surface area contributed by atoms with Crippen LogP contribution in [0.2, 0.25) is 0 Å². The Morgan fingerprint density at radius 1 is 0.121 bits per heavy atom. The molecule has 0 N–H and O–H groups in total. The van der Waals surface area contributed by atoms with Crippen molar-refractivity contribution in [1.82, 2.24) is 0 Å². The average Bonchev–Trinajstić information content (AvgIpc) is 3.30. The van der Waals surface area contributed by atoms with Gasteiger partial charge in [0.05, 0.1) is 0 Å². The molecule has 0 spiro atoms. The van der Waals surface area contributed by atoms with Gasteiger partial charge in [-0.15, -0.1) is 0 Å². The van der Waals surface area contributed by atoms with Crippen LogP contribution in [0.25, 0.3) is 129 Å². The lowest BCUT2D eigenvalue weighted by molar-refractivity contribution is 1.77. The van der Waals surface area contributed by atoms with Crippen LogP contribution in [0.3, 0.4) is 0 Å². The highest BCUT2D eigenvalue weighted by Gasteiger charge is 2.19. The Labute approximate surface area is 334 Å². The lowest BCUT2D eigenvalue weighted by atomic mass is 9.83.